The number of hydrogen-bond acceptors (Lipinski definition) is 6. The van der Waals surface area contributed by atoms with Crippen molar-refractivity contribution >= 4 is 28.2 Å². The zero-order valence-electron chi connectivity index (χ0n) is 11.6. The van der Waals surface area contributed by atoms with Crippen molar-refractivity contribution in [2.24, 2.45) is 0 Å². The fourth-order valence-electron chi connectivity index (χ4n) is 2.12. The summed E-state index contributed by atoms with van der Waals surface area (Å²) in [5.41, 5.74) is 6.93. The van der Waals surface area contributed by atoms with Crippen molar-refractivity contribution in [3.63, 3.8) is 0 Å². The zero-order valence-corrected chi connectivity index (χ0v) is 12.4. The number of ether oxygens (including phenoxy) is 2. The Kier molecular flexibility index (Phi) is 4.61. The molecular weight excluding hydrogens is 280 g/mol. The van der Waals surface area contributed by atoms with Gasteiger partial charge in [0.1, 0.15) is 4.88 Å². The summed E-state index contributed by atoms with van der Waals surface area (Å²) in [6.45, 7) is 5.91. The van der Waals surface area contributed by atoms with E-state index in [1.54, 1.807) is 18.7 Å². The summed E-state index contributed by atoms with van der Waals surface area (Å²) in [5.74, 6) is -0.571. The van der Waals surface area contributed by atoms with E-state index in [4.69, 9.17) is 15.2 Å². The maximum absolute atomic E-state index is 12.5. The number of carbonyl (C=O) groups is 2. The molecule has 0 radical (unpaired) electrons. The van der Waals surface area contributed by atoms with Crippen LogP contribution in [0.25, 0.3) is 0 Å². The molecule has 1 amide bonds. The van der Waals surface area contributed by atoms with Crippen LogP contribution in [0.4, 0.5) is 5.00 Å². The van der Waals surface area contributed by atoms with E-state index in [0.29, 0.717) is 53.9 Å². The van der Waals surface area contributed by atoms with Crippen molar-refractivity contribution in [1.29, 1.82) is 0 Å². The van der Waals surface area contributed by atoms with Crippen LogP contribution in [-0.4, -0.2) is 49.7 Å². The second-order valence-corrected chi connectivity index (χ2v) is 5.47. The van der Waals surface area contributed by atoms with Crippen LogP contribution in [0, 0.1) is 6.92 Å². The molecule has 0 spiro atoms. The molecule has 1 aromatic rings. The van der Waals surface area contributed by atoms with Crippen LogP contribution in [0.3, 0.4) is 0 Å². The molecule has 110 valence electrons. The molecule has 2 N–H and O–H groups in total. The Morgan fingerprint density at radius 1 is 1.40 bits per heavy atom. The van der Waals surface area contributed by atoms with Gasteiger partial charge in [-0.1, -0.05) is 0 Å². The zero-order chi connectivity index (χ0) is 14.7. The van der Waals surface area contributed by atoms with Crippen molar-refractivity contribution in [3.05, 3.63) is 16.0 Å². The van der Waals surface area contributed by atoms with Gasteiger partial charge in [0.2, 0.25) is 0 Å². The maximum Gasteiger partial charge on any atom is 0.348 e. The van der Waals surface area contributed by atoms with Crippen LogP contribution >= 0.6 is 11.3 Å². The van der Waals surface area contributed by atoms with Crippen LogP contribution in [0.15, 0.2) is 0 Å². The summed E-state index contributed by atoms with van der Waals surface area (Å²) >= 11 is 1.11. The number of amides is 1. The molecule has 6 nitrogen and oxygen atoms in total. The first-order chi connectivity index (χ1) is 9.56. The number of thiophene rings is 1. The van der Waals surface area contributed by atoms with Gasteiger partial charge in [0.05, 0.1) is 30.4 Å². The second-order valence-electron chi connectivity index (χ2n) is 4.42. The number of morpholine rings is 1. The topological polar surface area (TPSA) is 81.9 Å². The third kappa shape index (κ3) is 2.78. The SMILES string of the molecule is CCOC(=O)c1sc(N)c(C(=O)N2CCOCC2)c1C. The molecular formula is C13H18N2O4S. The molecule has 1 saturated heterocycles. The highest BCUT2D eigenvalue weighted by atomic mass is 32.1. The number of nitrogen functional groups attached to an aromatic ring is 1. The van der Waals surface area contributed by atoms with Gasteiger partial charge in [-0.3, -0.25) is 4.79 Å². The quantitative estimate of drug-likeness (QED) is 0.850. The third-order valence-electron chi connectivity index (χ3n) is 3.15. The first kappa shape index (κ1) is 14.8. The highest BCUT2D eigenvalue weighted by Gasteiger charge is 2.27. The average Bonchev–Trinajstić information content (AvgIpc) is 2.75. The first-order valence-corrected chi connectivity index (χ1v) is 7.30. The van der Waals surface area contributed by atoms with E-state index < -0.39 is 5.97 Å². The number of anilines is 1. The smallest absolute Gasteiger partial charge is 0.348 e. The van der Waals surface area contributed by atoms with Crippen molar-refractivity contribution in [1.82, 2.24) is 4.90 Å². The molecule has 1 fully saturated rings. The molecule has 0 bridgehead atoms. The Balaban J connectivity index is 2.27. The van der Waals surface area contributed by atoms with E-state index in [-0.39, 0.29) is 5.91 Å². The molecule has 2 heterocycles. The molecule has 7 heteroatoms. The molecule has 0 atom stereocenters. The molecule has 20 heavy (non-hydrogen) atoms. The molecule has 2 rings (SSSR count). The van der Waals surface area contributed by atoms with Gasteiger partial charge in [-0.25, -0.2) is 4.79 Å². The van der Waals surface area contributed by atoms with E-state index in [9.17, 15) is 9.59 Å². The normalized spacial score (nSPS) is 15.2. The summed E-state index contributed by atoms with van der Waals surface area (Å²) in [4.78, 5) is 26.4. The van der Waals surface area contributed by atoms with E-state index in [1.807, 2.05) is 0 Å². The molecule has 0 unspecified atom stereocenters. The van der Waals surface area contributed by atoms with Crippen LogP contribution < -0.4 is 5.73 Å². The fraction of sp³-hybridized carbons (Fsp3) is 0.538. The average molecular weight is 298 g/mol. The van der Waals surface area contributed by atoms with Crippen LogP contribution in [-0.2, 0) is 9.47 Å². The van der Waals surface area contributed by atoms with Crippen molar-refractivity contribution in [2.75, 3.05) is 38.6 Å². The van der Waals surface area contributed by atoms with Crippen molar-refractivity contribution in [2.45, 2.75) is 13.8 Å². The lowest BCUT2D eigenvalue weighted by molar-refractivity contribution is 0.0303. The summed E-state index contributed by atoms with van der Waals surface area (Å²) in [6.07, 6.45) is 0. The highest BCUT2D eigenvalue weighted by molar-refractivity contribution is 7.18. The van der Waals surface area contributed by atoms with Crippen molar-refractivity contribution < 1.29 is 19.1 Å². The van der Waals surface area contributed by atoms with Gasteiger partial charge >= 0.3 is 5.97 Å². The van der Waals surface area contributed by atoms with Gasteiger partial charge in [-0.2, -0.15) is 0 Å². The monoisotopic (exact) mass is 298 g/mol. The first-order valence-electron chi connectivity index (χ1n) is 6.49. The summed E-state index contributed by atoms with van der Waals surface area (Å²) in [7, 11) is 0. The van der Waals surface area contributed by atoms with Gasteiger partial charge in [-0.05, 0) is 19.4 Å². The number of hydrogen-bond donors (Lipinski definition) is 1. The standard InChI is InChI=1S/C13H18N2O4S/c1-3-19-13(17)10-8(2)9(11(14)20-10)12(16)15-4-6-18-7-5-15/h3-7,14H2,1-2H3. The summed E-state index contributed by atoms with van der Waals surface area (Å²) < 4.78 is 10.2. The Morgan fingerprint density at radius 2 is 2.05 bits per heavy atom. The minimum absolute atomic E-state index is 0.143. The summed E-state index contributed by atoms with van der Waals surface area (Å²) in [5, 5.41) is 0.363. The van der Waals surface area contributed by atoms with Crippen LogP contribution in [0.2, 0.25) is 0 Å². The van der Waals surface area contributed by atoms with Crippen LogP contribution in [0.1, 0.15) is 32.5 Å². The van der Waals surface area contributed by atoms with Gasteiger partial charge in [-0.15, -0.1) is 11.3 Å². The lowest BCUT2D eigenvalue weighted by Gasteiger charge is -2.27. The van der Waals surface area contributed by atoms with E-state index in [1.165, 1.54) is 0 Å². The van der Waals surface area contributed by atoms with E-state index in [0.717, 1.165) is 11.3 Å². The molecule has 1 aliphatic heterocycles. The van der Waals surface area contributed by atoms with Gasteiger partial charge in [0.25, 0.3) is 5.91 Å². The van der Waals surface area contributed by atoms with Gasteiger partial charge in [0.15, 0.2) is 0 Å². The minimum atomic E-state index is -0.428. The highest BCUT2D eigenvalue weighted by Crippen LogP contribution is 2.32. The largest absolute Gasteiger partial charge is 0.462 e. The Bertz CT molecular complexity index is 521. The Hall–Kier alpha value is -1.60. The van der Waals surface area contributed by atoms with Crippen LogP contribution in [0.5, 0.6) is 0 Å². The number of nitrogens with zero attached hydrogens (tertiary/aromatic N) is 1. The lowest BCUT2D eigenvalue weighted by Crippen LogP contribution is -2.41. The third-order valence-corrected chi connectivity index (χ3v) is 4.25. The van der Waals surface area contributed by atoms with E-state index >= 15 is 0 Å². The lowest BCUT2D eigenvalue weighted by atomic mass is 10.1. The summed E-state index contributed by atoms with van der Waals surface area (Å²) in [6, 6.07) is 0. The van der Waals surface area contributed by atoms with Crippen molar-refractivity contribution in [3.8, 4) is 0 Å². The molecule has 1 aromatic heterocycles. The Morgan fingerprint density at radius 3 is 2.65 bits per heavy atom. The molecule has 1 aliphatic rings. The van der Waals surface area contributed by atoms with E-state index in [2.05, 4.69) is 0 Å². The molecule has 0 aromatic carbocycles. The maximum atomic E-state index is 12.5. The number of carbonyl (C=O) groups excluding carboxylic acids is 2. The number of nitrogens with two attached hydrogens (primary N) is 1. The minimum Gasteiger partial charge on any atom is -0.462 e. The molecule has 0 aliphatic carbocycles. The number of rotatable bonds is 3. The van der Waals surface area contributed by atoms with Gasteiger partial charge in [0, 0.05) is 13.1 Å². The Labute approximate surface area is 121 Å². The second kappa shape index (κ2) is 6.23. The fourth-order valence-corrected chi connectivity index (χ4v) is 3.08. The van der Waals surface area contributed by atoms with Gasteiger partial charge < -0.3 is 20.1 Å². The molecule has 0 saturated carbocycles. The predicted octanol–water partition coefficient (Wildman–Crippen LogP) is 1.29. The predicted molar refractivity (Wildman–Crippen MR) is 76.1 cm³/mol. The number of esters is 1.